The minimum Gasteiger partial charge on any atom is -0.444 e. The highest BCUT2D eigenvalue weighted by Gasteiger charge is 2.19. The van der Waals surface area contributed by atoms with Crippen molar-refractivity contribution in [3.05, 3.63) is 59.9 Å². The Morgan fingerprint density at radius 1 is 1.11 bits per heavy atom. The van der Waals surface area contributed by atoms with E-state index in [0.717, 1.165) is 27.5 Å². The van der Waals surface area contributed by atoms with Crippen LogP contribution in [0.3, 0.4) is 0 Å². The van der Waals surface area contributed by atoms with Crippen molar-refractivity contribution in [2.24, 2.45) is 0 Å². The number of ether oxygens (including phenoxy) is 1. The van der Waals surface area contributed by atoms with Crippen molar-refractivity contribution >= 4 is 34.3 Å². The monoisotopic (exact) mass is 488 g/mol. The fraction of sp³-hybridized carbons (Fsp3) is 0.357. The van der Waals surface area contributed by atoms with E-state index in [1.165, 1.54) is 0 Å². The van der Waals surface area contributed by atoms with Gasteiger partial charge in [0.05, 0.1) is 17.5 Å². The predicted molar refractivity (Wildman–Crippen MR) is 141 cm³/mol. The molecule has 0 atom stereocenters. The standard InChI is InChI=1S/C28H32N4O4/c1-17-12-13-29-26(32-24(34)14-18-8-10-20(33)11-9-18)25(17)23-15-19-6-5-7-22(21(19)16-30-23)31-27(35)36-28(2,3)4/h5-7,12-16,20,33H,8-11H2,1-4H3,(H,31,35)(H,29,32,34). The predicted octanol–water partition coefficient (Wildman–Crippen LogP) is 5.75. The first-order valence-corrected chi connectivity index (χ1v) is 12.1. The molecule has 8 heteroatoms. The maximum Gasteiger partial charge on any atom is 0.412 e. The number of anilines is 2. The first-order chi connectivity index (χ1) is 17.1. The van der Waals surface area contributed by atoms with Gasteiger partial charge in [-0.05, 0) is 82.5 Å². The van der Waals surface area contributed by atoms with Gasteiger partial charge in [0.1, 0.15) is 11.4 Å². The molecule has 2 amide bonds. The van der Waals surface area contributed by atoms with Crippen molar-refractivity contribution in [3.8, 4) is 11.3 Å². The molecule has 0 aliphatic heterocycles. The number of hydrogen-bond acceptors (Lipinski definition) is 6. The Morgan fingerprint density at radius 2 is 1.86 bits per heavy atom. The number of carbonyl (C=O) groups is 2. The minimum absolute atomic E-state index is 0.245. The van der Waals surface area contributed by atoms with Gasteiger partial charge in [0.25, 0.3) is 0 Å². The lowest BCUT2D eigenvalue weighted by molar-refractivity contribution is -0.112. The Labute approximate surface area is 210 Å². The second-order valence-electron chi connectivity index (χ2n) is 10.1. The number of aryl methyl sites for hydroxylation is 1. The van der Waals surface area contributed by atoms with Crippen LogP contribution in [0, 0.1) is 6.92 Å². The lowest BCUT2D eigenvalue weighted by Gasteiger charge is -2.20. The molecule has 1 fully saturated rings. The fourth-order valence-corrected chi connectivity index (χ4v) is 4.26. The molecule has 1 saturated carbocycles. The van der Waals surface area contributed by atoms with Crippen LogP contribution in [0.4, 0.5) is 16.3 Å². The number of aliphatic hydroxyl groups is 1. The molecule has 1 aromatic carbocycles. The summed E-state index contributed by atoms with van der Waals surface area (Å²) in [5.41, 5.74) is 3.33. The Kier molecular flexibility index (Phi) is 7.35. The van der Waals surface area contributed by atoms with Gasteiger partial charge in [0, 0.05) is 29.4 Å². The number of aromatic nitrogens is 2. The van der Waals surface area contributed by atoms with Crippen LogP contribution in [0.15, 0.2) is 54.4 Å². The number of hydrogen-bond donors (Lipinski definition) is 3. The summed E-state index contributed by atoms with van der Waals surface area (Å²) in [7, 11) is 0. The average molecular weight is 489 g/mol. The molecule has 188 valence electrons. The Morgan fingerprint density at radius 3 is 2.58 bits per heavy atom. The lowest BCUT2D eigenvalue weighted by atomic mass is 9.92. The third-order valence-corrected chi connectivity index (χ3v) is 5.99. The number of aliphatic hydroxyl groups excluding tert-OH is 1. The van der Waals surface area contributed by atoms with Crippen LogP contribution in [0.5, 0.6) is 0 Å². The minimum atomic E-state index is -0.604. The molecule has 1 aliphatic carbocycles. The SMILES string of the molecule is Cc1ccnc(NC(=O)C=C2CCC(O)CC2)c1-c1cc2cccc(NC(=O)OC(C)(C)C)c2cn1. The van der Waals surface area contributed by atoms with Gasteiger partial charge in [-0.25, -0.2) is 9.78 Å². The summed E-state index contributed by atoms with van der Waals surface area (Å²) in [5, 5.41) is 17.0. The highest BCUT2D eigenvalue weighted by Crippen LogP contribution is 2.32. The van der Waals surface area contributed by atoms with E-state index in [1.54, 1.807) is 24.5 Å². The molecule has 1 aliphatic rings. The van der Waals surface area contributed by atoms with Gasteiger partial charge < -0.3 is 15.2 Å². The molecule has 36 heavy (non-hydrogen) atoms. The van der Waals surface area contributed by atoms with Crippen molar-refractivity contribution in [2.45, 2.75) is 65.1 Å². The van der Waals surface area contributed by atoms with Gasteiger partial charge in [-0.3, -0.25) is 15.1 Å². The van der Waals surface area contributed by atoms with Crippen LogP contribution in [-0.4, -0.2) is 38.8 Å². The molecule has 0 saturated heterocycles. The van der Waals surface area contributed by atoms with Crippen LogP contribution >= 0.6 is 0 Å². The van der Waals surface area contributed by atoms with Gasteiger partial charge >= 0.3 is 6.09 Å². The fourth-order valence-electron chi connectivity index (χ4n) is 4.26. The number of pyridine rings is 2. The number of benzene rings is 1. The van der Waals surface area contributed by atoms with E-state index >= 15 is 0 Å². The van der Waals surface area contributed by atoms with Crippen LogP contribution < -0.4 is 10.6 Å². The smallest absolute Gasteiger partial charge is 0.412 e. The van der Waals surface area contributed by atoms with Crippen molar-refractivity contribution in [3.63, 3.8) is 0 Å². The van der Waals surface area contributed by atoms with Crippen molar-refractivity contribution in [1.82, 2.24) is 9.97 Å². The molecule has 0 bridgehead atoms. The van der Waals surface area contributed by atoms with Crippen molar-refractivity contribution < 1.29 is 19.4 Å². The third-order valence-electron chi connectivity index (χ3n) is 5.99. The number of allylic oxidation sites excluding steroid dienone is 1. The largest absolute Gasteiger partial charge is 0.444 e. The van der Waals surface area contributed by atoms with Crippen molar-refractivity contribution in [2.75, 3.05) is 10.6 Å². The summed E-state index contributed by atoms with van der Waals surface area (Å²) in [6.45, 7) is 7.38. The van der Waals surface area contributed by atoms with Gasteiger partial charge in [-0.2, -0.15) is 0 Å². The quantitative estimate of drug-likeness (QED) is 0.403. The summed E-state index contributed by atoms with van der Waals surface area (Å²) in [6, 6.07) is 9.37. The molecule has 8 nitrogen and oxygen atoms in total. The van der Waals surface area contributed by atoms with Crippen LogP contribution in [-0.2, 0) is 9.53 Å². The van der Waals surface area contributed by atoms with Crippen LogP contribution in [0.1, 0.15) is 52.0 Å². The summed E-state index contributed by atoms with van der Waals surface area (Å²) < 4.78 is 5.38. The molecule has 3 aromatic rings. The van der Waals surface area contributed by atoms with E-state index < -0.39 is 11.7 Å². The maximum atomic E-state index is 12.8. The topological polar surface area (TPSA) is 113 Å². The molecule has 0 unspecified atom stereocenters. The van der Waals surface area contributed by atoms with E-state index in [2.05, 4.69) is 20.6 Å². The van der Waals surface area contributed by atoms with E-state index in [4.69, 9.17) is 4.74 Å². The average Bonchev–Trinajstić information content (AvgIpc) is 2.79. The van der Waals surface area contributed by atoms with Gasteiger partial charge in [-0.1, -0.05) is 17.7 Å². The number of amides is 2. The molecule has 2 heterocycles. The zero-order valence-electron chi connectivity index (χ0n) is 21.1. The molecule has 0 spiro atoms. The van der Waals surface area contributed by atoms with Crippen LogP contribution in [0.25, 0.3) is 22.0 Å². The first kappa shape index (κ1) is 25.3. The van der Waals surface area contributed by atoms with E-state index in [0.29, 0.717) is 42.9 Å². The summed E-state index contributed by atoms with van der Waals surface area (Å²) in [6.07, 6.45) is 6.94. The molecule has 3 N–H and O–H groups in total. The van der Waals surface area contributed by atoms with Gasteiger partial charge in [0.15, 0.2) is 0 Å². The Bertz CT molecular complexity index is 1320. The Hall–Kier alpha value is -3.78. The maximum absolute atomic E-state index is 12.8. The summed E-state index contributed by atoms with van der Waals surface area (Å²) in [4.78, 5) is 34.1. The number of rotatable bonds is 4. The highest BCUT2D eigenvalue weighted by molar-refractivity contribution is 6.03. The summed E-state index contributed by atoms with van der Waals surface area (Å²) >= 11 is 0. The molecule has 4 rings (SSSR count). The van der Waals surface area contributed by atoms with E-state index in [-0.39, 0.29) is 12.0 Å². The van der Waals surface area contributed by atoms with Crippen molar-refractivity contribution in [1.29, 1.82) is 0 Å². The highest BCUT2D eigenvalue weighted by atomic mass is 16.6. The third kappa shape index (κ3) is 6.26. The number of nitrogens with zero attached hydrogens (tertiary/aromatic N) is 2. The zero-order valence-corrected chi connectivity index (χ0v) is 21.1. The van der Waals surface area contributed by atoms with Crippen LogP contribution in [0.2, 0.25) is 0 Å². The summed E-state index contributed by atoms with van der Waals surface area (Å²) in [5.74, 6) is 0.188. The van der Waals surface area contributed by atoms with E-state index in [9.17, 15) is 14.7 Å². The molecule has 0 radical (unpaired) electrons. The Balaban J connectivity index is 1.61. The first-order valence-electron chi connectivity index (χ1n) is 12.1. The normalized spacial score (nSPS) is 15.9. The number of nitrogens with one attached hydrogen (secondary N) is 2. The van der Waals surface area contributed by atoms with Gasteiger partial charge in [0.2, 0.25) is 5.91 Å². The second-order valence-corrected chi connectivity index (χ2v) is 10.1. The second kappa shape index (κ2) is 10.5. The molecule has 2 aromatic heterocycles. The number of carbonyl (C=O) groups excluding carboxylic acids is 2. The molecular weight excluding hydrogens is 456 g/mol. The zero-order chi connectivity index (χ0) is 25.9. The van der Waals surface area contributed by atoms with E-state index in [1.807, 2.05) is 52.0 Å². The number of fused-ring (bicyclic) bond motifs is 1. The van der Waals surface area contributed by atoms with Gasteiger partial charge in [-0.15, -0.1) is 0 Å². The molecular formula is C28H32N4O4. The lowest BCUT2D eigenvalue weighted by Crippen LogP contribution is -2.27.